The molecule has 18 heavy (non-hydrogen) atoms. The lowest BCUT2D eigenvalue weighted by atomic mass is 9.78. The highest BCUT2D eigenvalue weighted by Gasteiger charge is 2.34. The minimum absolute atomic E-state index is 0.522. The summed E-state index contributed by atoms with van der Waals surface area (Å²) in [5.74, 6) is 0.735. The van der Waals surface area contributed by atoms with Gasteiger partial charge in [-0.1, -0.05) is 0 Å². The van der Waals surface area contributed by atoms with Gasteiger partial charge in [0.2, 0.25) is 0 Å². The topological polar surface area (TPSA) is 54.4 Å². The Morgan fingerprint density at radius 3 is 2.78 bits per heavy atom. The summed E-state index contributed by atoms with van der Waals surface area (Å²) in [5, 5.41) is 14.0. The van der Waals surface area contributed by atoms with Crippen molar-refractivity contribution in [3.8, 4) is 5.75 Å². The first-order valence-corrected chi connectivity index (χ1v) is 6.66. The van der Waals surface area contributed by atoms with E-state index in [1.807, 2.05) is 20.0 Å². The van der Waals surface area contributed by atoms with Gasteiger partial charge in [0.15, 0.2) is 0 Å². The lowest BCUT2D eigenvalue weighted by Crippen LogP contribution is -2.38. The van der Waals surface area contributed by atoms with Crippen molar-refractivity contribution in [1.29, 1.82) is 0 Å². The van der Waals surface area contributed by atoms with E-state index in [2.05, 4.69) is 10.3 Å². The molecule has 0 saturated heterocycles. The lowest BCUT2D eigenvalue weighted by molar-refractivity contribution is -0.00811. The van der Waals surface area contributed by atoms with Gasteiger partial charge in [0.05, 0.1) is 18.4 Å². The average molecular weight is 250 g/mol. The quantitative estimate of drug-likeness (QED) is 0.856. The van der Waals surface area contributed by atoms with Gasteiger partial charge >= 0.3 is 0 Å². The number of aliphatic hydroxyl groups is 1. The fourth-order valence-electron chi connectivity index (χ4n) is 2.59. The molecule has 0 atom stereocenters. The maximum Gasteiger partial charge on any atom is 0.137 e. The van der Waals surface area contributed by atoms with Gasteiger partial charge in [0.25, 0.3) is 0 Å². The second-order valence-corrected chi connectivity index (χ2v) is 4.94. The molecule has 0 spiro atoms. The third-order valence-corrected chi connectivity index (χ3v) is 3.78. The molecular formula is C14H22N2O2. The van der Waals surface area contributed by atoms with Crippen LogP contribution >= 0.6 is 0 Å². The van der Waals surface area contributed by atoms with E-state index < -0.39 is 5.60 Å². The predicted molar refractivity (Wildman–Crippen MR) is 70.6 cm³/mol. The Morgan fingerprint density at radius 1 is 1.44 bits per heavy atom. The van der Waals surface area contributed by atoms with Gasteiger partial charge in [-0.3, -0.25) is 4.98 Å². The van der Waals surface area contributed by atoms with Crippen molar-refractivity contribution >= 4 is 0 Å². The van der Waals surface area contributed by atoms with Gasteiger partial charge in [0.1, 0.15) is 5.75 Å². The second kappa shape index (κ2) is 5.67. The molecule has 1 aromatic heterocycles. The van der Waals surface area contributed by atoms with Crippen LogP contribution in [0.15, 0.2) is 18.5 Å². The summed E-state index contributed by atoms with van der Waals surface area (Å²) in [6.45, 7) is 2.56. The number of hydrogen-bond acceptors (Lipinski definition) is 4. The zero-order valence-corrected chi connectivity index (χ0v) is 11.1. The van der Waals surface area contributed by atoms with Gasteiger partial charge < -0.3 is 15.2 Å². The standard InChI is InChI=1S/C14H22N2O2/c1-3-18-13-8-11(9-16-10-13)14(17)6-4-12(15-2)5-7-14/h8-10,12,15,17H,3-7H2,1-2H3. The Morgan fingerprint density at radius 2 is 2.17 bits per heavy atom. The third kappa shape index (κ3) is 2.82. The Labute approximate surface area is 108 Å². The van der Waals surface area contributed by atoms with Crippen molar-refractivity contribution in [1.82, 2.24) is 10.3 Å². The molecule has 2 N–H and O–H groups in total. The van der Waals surface area contributed by atoms with Crippen LogP contribution in [0.4, 0.5) is 0 Å². The molecule has 0 radical (unpaired) electrons. The van der Waals surface area contributed by atoms with E-state index in [0.717, 1.165) is 37.0 Å². The molecule has 1 saturated carbocycles. The number of rotatable bonds is 4. The van der Waals surface area contributed by atoms with E-state index in [1.165, 1.54) is 0 Å². The summed E-state index contributed by atoms with van der Waals surface area (Å²) >= 11 is 0. The van der Waals surface area contributed by atoms with Crippen LogP contribution in [-0.2, 0) is 5.60 Å². The zero-order chi connectivity index (χ0) is 13.0. The molecule has 1 heterocycles. The van der Waals surface area contributed by atoms with Crippen molar-refractivity contribution in [2.24, 2.45) is 0 Å². The molecule has 1 aliphatic rings. The van der Waals surface area contributed by atoms with Crippen LogP contribution in [0.25, 0.3) is 0 Å². The molecule has 4 heteroatoms. The highest BCUT2D eigenvalue weighted by atomic mass is 16.5. The van der Waals surface area contributed by atoms with E-state index >= 15 is 0 Å². The van der Waals surface area contributed by atoms with Crippen LogP contribution < -0.4 is 10.1 Å². The monoisotopic (exact) mass is 250 g/mol. The van der Waals surface area contributed by atoms with Crippen LogP contribution in [0.1, 0.15) is 38.2 Å². The van der Waals surface area contributed by atoms with Crippen LogP contribution in [0.5, 0.6) is 5.75 Å². The Kier molecular flexibility index (Phi) is 4.19. The molecule has 1 aromatic rings. The average Bonchev–Trinajstić information content (AvgIpc) is 2.40. The van der Waals surface area contributed by atoms with Crippen molar-refractivity contribution in [3.63, 3.8) is 0 Å². The first-order valence-electron chi connectivity index (χ1n) is 6.66. The van der Waals surface area contributed by atoms with Crippen molar-refractivity contribution in [2.75, 3.05) is 13.7 Å². The lowest BCUT2D eigenvalue weighted by Gasteiger charge is -2.36. The number of aromatic nitrogens is 1. The molecule has 0 unspecified atom stereocenters. The van der Waals surface area contributed by atoms with E-state index in [1.54, 1.807) is 12.4 Å². The molecule has 0 amide bonds. The Hall–Kier alpha value is -1.13. The second-order valence-electron chi connectivity index (χ2n) is 4.94. The van der Waals surface area contributed by atoms with Gasteiger partial charge in [0, 0.05) is 17.8 Å². The van der Waals surface area contributed by atoms with Crippen LogP contribution in [0, 0.1) is 0 Å². The van der Waals surface area contributed by atoms with E-state index in [-0.39, 0.29) is 0 Å². The number of nitrogens with one attached hydrogen (secondary N) is 1. The highest BCUT2D eigenvalue weighted by molar-refractivity contribution is 5.28. The van der Waals surface area contributed by atoms with Crippen LogP contribution in [0.2, 0.25) is 0 Å². The van der Waals surface area contributed by atoms with E-state index in [9.17, 15) is 5.11 Å². The fraction of sp³-hybridized carbons (Fsp3) is 0.643. The zero-order valence-electron chi connectivity index (χ0n) is 11.1. The summed E-state index contributed by atoms with van der Waals surface area (Å²) in [5.41, 5.74) is 0.135. The number of hydrogen-bond donors (Lipinski definition) is 2. The maximum atomic E-state index is 10.7. The molecular weight excluding hydrogens is 228 g/mol. The molecule has 100 valence electrons. The first-order chi connectivity index (χ1) is 8.68. The number of ether oxygens (including phenoxy) is 1. The molecule has 0 aromatic carbocycles. The number of nitrogens with zero attached hydrogens (tertiary/aromatic N) is 1. The summed E-state index contributed by atoms with van der Waals surface area (Å²) < 4.78 is 5.44. The predicted octanol–water partition coefficient (Wildman–Crippen LogP) is 1.83. The van der Waals surface area contributed by atoms with Crippen LogP contribution in [0.3, 0.4) is 0 Å². The van der Waals surface area contributed by atoms with Gasteiger partial charge in [-0.25, -0.2) is 0 Å². The minimum Gasteiger partial charge on any atom is -0.492 e. The summed E-state index contributed by atoms with van der Waals surface area (Å²) in [6.07, 6.45) is 6.97. The highest BCUT2D eigenvalue weighted by Crippen LogP contribution is 2.37. The number of pyridine rings is 1. The smallest absolute Gasteiger partial charge is 0.137 e. The molecule has 0 aliphatic heterocycles. The normalized spacial score (nSPS) is 28.1. The first kappa shape index (κ1) is 13.3. The van der Waals surface area contributed by atoms with E-state index in [0.29, 0.717) is 12.6 Å². The summed E-state index contributed by atoms with van der Waals surface area (Å²) in [7, 11) is 1.98. The molecule has 2 rings (SSSR count). The molecule has 1 fully saturated rings. The molecule has 4 nitrogen and oxygen atoms in total. The summed E-state index contributed by atoms with van der Waals surface area (Å²) in [6, 6.07) is 2.43. The third-order valence-electron chi connectivity index (χ3n) is 3.78. The van der Waals surface area contributed by atoms with Gasteiger partial charge in [-0.05, 0) is 45.7 Å². The van der Waals surface area contributed by atoms with E-state index in [4.69, 9.17) is 4.74 Å². The molecule has 1 aliphatic carbocycles. The SMILES string of the molecule is CCOc1cncc(C2(O)CCC(NC)CC2)c1. The van der Waals surface area contributed by atoms with Gasteiger partial charge in [-0.2, -0.15) is 0 Å². The Bertz CT molecular complexity index is 387. The maximum absolute atomic E-state index is 10.7. The largest absolute Gasteiger partial charge is 0.492 e. The van der Waals surface area contributed by atoms with Crippen molar-refractivity contribution in [2.45, 2.75) is 44.2 Å². The minimum atomic E-state index is -0.743. The fourth-order valence-corrected chi connectivity index (χ4v) is 2.59. The van der Waals surface area contributed by atoms with Crippen molar-refractivity contribution < 1.29 is 9.84 Å². The Balaban J connectivity index is 2.12. The van der Waals surface area contributed by atoms with Gasteiger partial charge in [-0.15, -0.1) is 0 Å². The van der Waals surface area contributed by atoms with Crippen molar-refractivity contribution in [3.05, 3.63) is 24.0 Å². The van der Waals surface area contributed by atoms with Crippen LogP contribution in [-0.4, -0.2) is 29.8 Å². The molecule has 0 bridgehead atoms. The summed E-state index contributed by atoms with van der Waals surface area (Å²) in [4.78, 5) is 4.16.